The minimum atomic E-state index is -1.03. The van der Waals surface area contributed by atoms with Gasteiger partial charge in [0, 0.05) is 30.8 Å². The van der Waals surface area contributed by atoms with Crippen molar-refractivity contribution in [2.45, 2.75) is 25.3 Å². The van der Waals surface area contributed by atoms with Gasteiger partial charge in [-0.1, -0.05) is 0 Å². The molecule has 2 aromatic rings. The molecule has 2 N–H and O–H groups in total. The first-order chi connectivity index (χ1) is 12.4. The van der Waals surface area contributed by atoms with Crippen LogP contribution in [0.1, 0.15) is 45.2 Å². The molecule has 0 spiro atoms. The van der Waals surface area contributed by atoms with Crippen molar-refractivity contribution in [3.05, 3.63) is 53.3 Å². The Labute approximate surface area is 149 Å². The number of carbonyl (C=O) groups is 3. The van der Waals surface area contributed by atoms with Crippen LogP contribution in [0, 0.1) is 0 Å². The fourth-order valence-electron chi connectivity index (χ4n) is 3.16. The normalized spacial score (nSPS) is 17.1. The lowest BCUT2D eigenvalue weighted by atomic mass is 9.94. The average molecular weight is 357 g/mol. The lowest BCUT2D eigenvalue weighted by Crippen LogP contribution is -2.39. The van der Waals surface area contributed by atoms with Gasteiger partial charge >= 0.3 is 11.9 Å². The topological polar surface area (TPSA) is 113 Å². The first-order valence-corrected chi connectivity index (χ1v) is 8.32. The van der Waals surface area contributed by atoms with Gasteiger partial charge in [-0.15, -0.1) is 0 Å². The summed E-state index contributed by atoms with van der Waals surface area (Å²) in [6.45, 7) is 0.945. The van der Waals surface area contributed by atoms with Gasteiger partial charge in [0.25, 0.3) is 5.91 Å². The molecule has 8 nitrogen and oxygen atoms in total. The molecule has 1 aromatic heterocycles. The summed E-state index contributed by atoms with van der Waals surface area (Å²) in [6.07, 6.45) is 3.34. The van der Waals surface area contributed by atoms with Gasteiger partial charge in [0.15, 0.2) is 0 Å². The van der Waals surface area contributed by atoms with E-state index in [0.29, 0.717) is 18.7 Å². The highest BCUT2D eigenvalue weighted by molar-refractivity contribution is 5.96. The molecular formula is C18H19N3O5. The van der Waals surface area contributed by atoms with Crippen molar-refractivity contribution in [1.29, 1.82) is 0 Å². The summed E-state index contributed by atoms with van der Waals surface area (Å²) in [4.78, 5) is 36.1. The number of carboxylic acid groups (broad SMARTS) is 2. The minimum Gasteiger partial charge on any atom is -0.480 e. The van der Waals surface area contributed by atoms with Crippen LogP contribution in [0.25, 0.3) is 0 Å². The number of likely N-dealkylation sites (tertiary alicyclic amines) is 1. The van der Waals surface area contributed by atoms with Gasteiger partial charge in [0.2, 0.25) is 0 Å². The second-order valence-corrected chi connectivity index (χ2v) is 6.30. The van der Waals surface area contributed by atoms with E-state index in [1.807, 2.05) is 0 Å². The van der Waals surface area contributed by atoms with Crippen LogP contribution in [-0.4, -0.2) is 55.8 Å². The third-order valence-corrected chi connectivity index (χ3v) is 4.46. The van der Waals surface area contributed by atoms with Crippen molar-refractivity contribution in [3.8, 4) is 0 Å². The number of rotatable bonds is 5. The fraction of sp³-hybridized carbons (Fsp3) is 0.333. The van der Waals surface area contributed by atoms with Crippen LogP contribution in [0.4, 0.5) is 0 Å². The van der Waals surface area contributed by atoms with Crippen LogP contribution in [-0.2, 0) is 11.3 Å². The van der Waals surface area contributed by atoms with E-state index >= 15 is 0 Å². The molecule has 1 aromatic carbocycles. The van der Waals surface area contributed by atoms with E-state index < -0.39 is 11.9 Å². The zero-order valence-electron chi connectivity index (χ0n) is 14.0. The Balaban J connectivity index is 1.69. The summed E-state index contributed by atoms with van der Waals surface area (Å²) >= 11 is 0. The van der Waals surface area contributed by atoms with E-state index in [0.717, 1.165) is 18.5 Å². The average Bonchev–Trinajstić information content (AvgIpc) is 3.09. The Morgan fingerprint density at radius 1 is 1.08 bits per heavy atom. The van der Waals surface area contributed by atoms with Crippen molar-refractivity contribution in [2.24, 2.45) is 0 Å². The number of nitrogens with zero attached hydrogens (tertiary/aromatic N) is 3. The molecule has 0 aliphatic carbocycles. The molecule has 2 heterocycles. The molecule has 1 atom stereocenters. The molecule has 0 saturated carbocycles. The van der Waals surface area contributed by atoms with Gasteiger partial charge in [0.05, 0.1) is 11.3 Å². The molecular weight excluding hydrogens is 338 g/mol. The summed E-state index contributed by atoms with van der Waals surface area (Å²) in [6, 6.07) is 7.69. The standard InChI is InChI=1S/C18H19N3O5/c22-16(23)11-21-9-7-15(19-21)14-2-1-8-20(10-14)17(24)12-3-5-13(6-4-12)18(25)26/h3-7,9,14H,1-2,8,10-11H2,(H,22,23)(H,25,26)/t14-/m0/s1. The summed E-state index contributed by atoms with van der Waals surface area (Å²) < 4.78 is 1.38. The number of carboxylic acids is 2. The number of aromatic nitrogens is 2. The van der Waals surface area contributed by atoms with Gasteiger partial charge < -0.3 is 15.1 Å². The number of hydrogen-bond donors (Lipinski definition) is 2. The Kier molecular flexibility index (Phi) is 5.01. The quantitative estimate of drug-likeness (QED) is 0.842. The summed E-state index contributed by atoms with van der Waals surface area (Å²) in [7, 11) is 0. The van der Waals surface area contributed by atoms with E-state index in [2.05, 4.69) is 5.10 Å². The van der Waals surface area contributed by atoms with Crippen LogP contribution < -0.4 is 0 Å². The maximum Gasteiger partial charge on any atom is 0.335 e. The largest absolute Gasteiger partial charge is 0.480 e. The van der Waals surface area contributed by atoms with Gasteiger partial charge in [-0.2, -0.15) is 5.10 Å². The SMILES string of the molecule is O=C(O)Cn1ccc([C@H]2CCCN(C(=O)c3ccc(C(=O)O)cc3)C2)n1. The fourth-order valence-corrected chi connectivity index (χ4v) is 3.16. The number of carbonyl (C=O) groups excluding carboxylic acids is 1. The number of aromatic carboxylic acids is 1. The monoisotopic (exact) mass is 357 g/mol. The van der Waals surface area contributed by atoms with E-state index in [1.165, 1.54) is 28.9 Å². The predicted octanol–water partition coefficient (Wildman–Crippen LogP) is 1.69. The van der Waals surface area contributed by atoms with Crippen molar-refractivity contribution in [1.82, 2.24) is 14.7 Å². The van der Waals surface area contributed by atoms with Crippen LogP contribution in [0.3, 0.4) is 0 Å². The maximum absolute atomic E-state index is 12.7. The number of amides is 1. The van der Waals surface area contributed by atoms with E-state index in [4.69, 9.17) is 10.2 Å². The molecule has 1 saturated heterocycles. The zero-order valence-corrected chi connectivity index (χ0v) is 14.0. The summed E-state index contributed by atoms with van der Waals surface area (Å²) in [5.41, 5.74) is 1.37. The van der Waals surface area contributed by atoms with Gasteiger partial charge in [-0.25, -0.2) is 4.79 Å². The highest BCUT2D eigenvalue weighted by Gasteiger charge is 2.27. The number of hydrogen-bond acceptors (Lipinski definition) is 4. The molecule has 0 unspecified atom stereocenters. The first-order valence-electron chi connectivity index (χ1n) is 8.32. The second-order valence-electron chi connectivity index (χ2n) is 6.30. The second kappa shape index (κ2) is 7.38. The Bertz CT molecular complexity index is 828. The molecule has 26 heavy (non-hydrogen) atoms. The van der Waals surface area contributed by atoms with Crippen molar-refractivity contribution in [2.75, 3.05) is 13.1 Å². The van der Waals surface area contributed by atoms with E-state index in [-0.39, 0.29) is 23.9 Å². The van der Waals surface area contributed by atoms with Crippen LogP contribution >= 0.6 is 0 Å². The molecule has 0 radical (unpaired) electrons. The Morgan fingerprint density at radius 2 is 1.77 bits per heavy atom. The van der Waals surface area contributed by atoms with Gasteiger partial charge in [-0.05, 0) is 43.2 Å². The number of piperidine rings is 1. The molecule has 1 aliphatic heterocycles. The van der Waals surface area contributed by atoms with Crippen molar-refractivity contribution >= 4 is 17.8 Å². The lowest BCUT2D eigenvalue weighted by Gasteiger charge is -2.32. The third kappa shape index (κ3) is 3.90. The smallest absolute Gasteiger partial charge is 0.335 e. The Hall–Kier alpha value is -3.16. The highest BCUT2D eigenvalue weighted by atomic mass is 16.4. The number of benzene rings is 1. The maximum atomic E-state index is 12.7. The molecule has 0 bridgehead atoms. The van der Waals surface area contributed by atoms with E-state index in [1.54, 1.807) is 17.2 Å². The van der Waals surface area contributed by atoms with Crippen LogP contribution in [0.15, 0.2) is 36.5 Å². The number of aliphatic carboxylic acids is 1. The zero-order chi connectivity index (χ0) is 18.7. The first kappa shape index (κ1) is 17.7. The van der Waals surface area contributed by atoms with Crippen LogP contribution in [0.2, 0.25) is 0 Å². The van der Waals surface area contributed by atoms with Gasteiger partial charge in [0.1, 0.15) is 6.54 Å². The van der Waals surface area contributed by atoms with Crippen molar-refractivity contribution < 1.29 is 24.6 Å². The minimum absolute atomic E-state index is 0.0565. The Morgan fingerprint density at radius 3 is 2.42 bits per heavy atom. The van der Waals surface area contributed by atoms with Gasteiger partial charge in [-0.3, -0.25) is 14.3 Å². The lowest BCUT2D eigenvalue weighted by molar-refractivity contribution is -0.137. The van der Waals surface area contributed by atoms with E-state index in [9.17, 15) is 14.4 Å². The summed E-state index contributed by atoms with van der Waals surface area (Å²) in [5, 5.41) is 22.1. The predicted molar refractivity (Wildman–Crippen MR) is 91.1 cm³/mol. The summed E-state index contributed by atoms with van der Waals surface area (Å²) in [5.74, 6) is -2.07. The molecule has 8 heteroatoms. The molecule has 3 rings (SSSR count). The molecule has 1 aliphatic rings. The molecule has 136 valence electrons. The molecule has 1 fully saturated rings. The highest BCUT2D eigenvalue weighted by Crippen LogP contribution is 2.26. The molecule has 1 amide bonds. The van der Waals surface area contributed by atoms with Crippen molar-refractivity contribution in [3.63, 3.8) is 0 Å². The van der Waals surface area contributed by atoms with Crippen LogP contribution in [0.5, 0.6) is 0 Å². The third-order valence-electron chi connectivity index (χ3n) is 4.46.